The van der Waals surface area contributed by atoms with E-state index in [4.69, 9.17) is 15.2 Å². The summed E-state index contributed by atoms with van der Waals surface area (Å²) in [5.41, 5.74) is 7.88. The molecule has 186 valence electrons. The quantitative estimate of drug-likeness (QED) is 0.504. The molecular formula is C24H31N7O4. The van der Waals surface area contributed by atoms with E-state index in [9.17, 15) is 9.59 Å². The van der Waals surface area contributed by atoms with Crippen LogP contribution in [-0.2, 0) is 4.74 Å². The number of aromatic nitrogens is 4. The van der Waals surface area contributed by atoms with Crippen molar-refractivity contribution >= 4 is 23.3 Å². The first kappa shape index (κ1) is 24.2. The summed E-state index contributed by atoms with van der Waals surface area (Å²) in [5, 5.41) is 10.3. The first-order chi connectivity index (χ1) is 16.6. The summed E-state index contributed by atoms with van der Waals surface area (Å²) < 4.78 is 12.2. The van der Waals surface area contributed by atoms with Gasteiger partial charge < -0.3 is 25.8 Å². The zero-order chi connectivity index (χ0) is 25.2. The molecule has 4 N–H and O–H groups in total. The SMILES string of the molecule is COc1cc(-c2cc(C(=O)N[C@H]3CC[C@H](NC(=O)OC(C)(C)C)CC3)c3c(N)ncnn23)ccn1. The molecule has 3 aromatic heterocycles. The number of nitrogens with one attached hydrogen (secondary N) is 2. The molecular weight excluding hydrogens is 450 g/mol. The number of alkyl carbamates (subject to hydrolysis) is 1. The van der Waals surface area contributed by atoms with E-state index in [-0.39, 0.29) is 23.8 Å². The van der Waals surface area contributed by atoms with Gasteiger partial charge in [0.25, 0.3) is 5.91 Å². The molecule has 0 spiro atoms. The van der Waals surface area contributed by atoms with Gasteiger partial charge >= 0.3 is 6.09 Å². The van der Waals surface area contributed by atoms with Crippen molar-refractivity contribution < 1.29 is 19.1 Å². The van der Waals surface area contributed by atoms with Crippen LogP contribution in [0.2, 0.25) is 0 Å². The van der Waals surface area contributed by atoms with Gasteiger partial charge in [0, 0.05) is 29.9 Å². The number of amides is 2. The van der Waals surface area contributed by atoms with E-state index in [0.29, 0.717) is 22.7 Å². The minimum Gasteiger partial charge on any atom is -0.481 e. The van der Waals surface area contributed by atoms with E-state index in [1.54, 1.807) is 30.0 Å². The monoisotopic (exact) mass is 481 g/mol. The number of pyridine rings is 1. The van der Waals surface area contributed by atoms with Gasteiger partial charge in [-0.05, 0) is 58.6 Å². The molecule has 4 rings (SSSR count). The van der Waals surface area contributed by atoms with Crippen LogP contribution >= 0.6 is 0 Å². The van der Waals surface area contributed by atoms with Gasteiger partial charge in [-0.3, -0.25) is 4.79 Å². The van der Waals surface area contributed by atoms with Gasteiger partial charge in [0.15, 0.2) is 5.82 Å². The highest BCUT2D eigenvalue weighted by Gasteiger charge is 2.27. The zero-order valence-corrected chi connectivity index (χ0v) is 20.4. The maximum Gasteiger partial charge on any atom is 0.407 e. The van der Waals surface area contributed by atoms with Gasteiger partial charge in [0.05, 0.1) is 18.4 Å². The van der Waals surface area contributed by atoms with Crippen molar-refractivity contribution in [3.8, 4) is 17.1 Å². The van der Waals surface area contributed by atoms with E-state index in [1.807, 2.05) is 26.8 Å². The van der Waals surface area contributed by atoms with Crippen LogP contribution < -0.4 is 21.1 Å². The second-order valence-corrected chi connectivity index (χ2v) is 9.60. The molecule has 0 aromatic carbocycles. The summed E-state index contributed by atoms with van der Waals surface area (Å²) in [7, 11) is 1.54. The number of rotatable bonds is 5. The molecule has 1 aliphatic carbocycles. The van der Waals surface area contributed by atoms with Crippen molar-refractivity contribution in [3.63, 3.8) is 0 Å². The molecule has 1 fully saturated rings. The van der Waals surface area contributed by atoms with Crippen molar-refractivity contribution in [2.75, 3.05) is 12.8 Å². The summed E-state index contributed by atoms with van der Waals surface area (Å²) in [6, 6.07) is 5.32. The smallest absolute Gasteiger partial charge is 0.407 e. The fourth-order valence-electron chi connectivity index (χ4n) is 4.25. The molecule has 1 saturated carbocycles. The first-order valence-electron chi connectivity index (χ1n) is 11.6. The average molecular weight is 482 g/mol. The first-order valence-corrected chi connectivity index (χ1v) is 11.6. The van der Waals surface area contributed by atoms with Crippen molar-refractivity contribution in [1.29, 1.82) is 0 Å². The fourth-order valence-corrected chi connectivity index (χ4v) is 4.25. The second-order valence-electron chi connectivity index (χ2n) is 9.60. The predicted molar refractivity (Wildman–Crippen MR) is 130 cm³/mol. The topological polar surface area (TPSA) is 146 Å². The number of hydrogen-bond donors (Lipinski definition) is 3. The van der Waals surface area contributed by atoms with Crippen molar-refractivity contribution in [2.45, 2.75) is 64.1 Å². The Morgan fingerprint density at radius 1 is 1.09 bits per heavy atom. The van der Waals surface area contributed by atoms with Crippen LogP contribution in [0, 0.1) is 0 Å². The van der Waals surface area contributed by atoms with Crippen molar-refractivity contribution in [2.24, 2.45) is 0 Å². The molecule has 0 bridgehead atoms. The summed E-state index contributed by atoms with van der Waals surface area (Å²) in [5.74, 6) is 0.407. The Kier molecular flexibility index (Phi) is 6.77. The van der Waals surface area contributed by atoms with Crippen LogP contribution in [0.3, 0.4) is 0 Å². The second kappa shape index (κ2) is 9.77. The van der Waals surface area contributed by atoms with Crippen LogP contribution in [0.5, 0.6) is 5.88 Å². The molecule has 0 unspecified atom stereocenters. The number of ether oxygens (including phenoxy) is 2. The summed E-state index contributed by atoms with van der Waals surface area (Å²) in [6.45, 7) is 5.50. The molecule has 1 aliphatic rings. The van der Waals surface area contributed by atoms with E-state index in [1.165, 1.54) is 6.33 Å². The molecule has 11 heteroatoms. The summed E-state index contributed by atoms with van der Waals surface area (Å²) in [4.78, 5) is 33.6. The number of hydrogen-bond acceptors (Lipinski definition) is 8. The largest absolute Gasteiger partial charge is 0.481 e. The minimum atomic E-state index is -0.540. The molecule has 0 atom stereocenters. The van der Waals surface area contributed by atoms with Crippen LogP contribution in [0.1, 0.15) is 56.8 Å². The third-order valence-electron chi connectivity index (χ3n) is 5.85. The van der Waals surface area contributed by atoms with Gasteiger partial charge in [-0.2, -0.15) is 5.10 Å². The van der Waals surface area contributed by atoms with Gasteiger partial charge in [-0.15, -0.1) is 0 Å². The normalized spacial score (nSPS) is 18.2. The minimum absolute atomic E-state index is 0.0191. The van der Waals surface area contributed by atoms with E-state index in [0.717, 1.165) is 31.2 Å². The van der Waals surface area contributed by atoms with Gasteiger partial charge in [0.2, 0.25) is 5.88 Å². The van der Waals surface area contributed by atoms with Crippen LogP contribution in [0.15, 0.2) is 30.7 Å². The number of anilines is 1. The average Bonchev–Trinajstić information content (AvgIpc) is 3.20. The lowest BCUT2D eigenvalue weighted by Gasteiger charge is -2.30. The van der Waals surface area contributed by atoms with Crippen LogP contribution in [0.25, 0.3) is 16.8 Å². The molecule has 35 heavy (non-hydrogen) atoms. The van der Waals surface area contributed by atoms with Crippen molar-refractivity contribution in [1.82, 2.24) is 30.2 Å². The summed E-state index contributed by atoms with van der Waals surface area (Å²) in [6.07, 6.45) is 5.52. The maximum atomic E-state index is 13.3. The zero-order valence-electron chi connectivity index (χ0n) is 20.4. The maximum absolute atomic E-state index is 13.3. The third-order valence-corrected chi connectivity index (χ3v) is 5.85. The predicted octanol–water partition coefficient (Wildman–Crippen LogP) is 2.95. The number of fused-ring (bicyclic) bond motifs is 1. The third kappa shape index (κ3) is 5.61. The number of nitrogens with zero attached hydrogens (tertiary/aromatic N) is 4. The number of methoxy groups -OCH3 is 1. The van der Waals surface area contributed by atoms with Crippen LogP contribution in [-0.4, -0.2) is 56.4 Å². The lowest BCUT2D eigenvalue weighted by molar-refractivity contribution is 0.0488. The Bertz CT molecular complexity index is 1230. The van der Waals surface area contributed by atoms with E-state index in [2.05, 4.69) is 25.7 Å². The van der Waals surface area contributed by atoms with Crippen molar-refractivity contribution in [3.05, 3.63) is 36.3 Å². The highest BCUT2D eigenvalue weighted by Crippen LogP contribution is 2.29. The highest BCUT2D eigenvalue weighted by molar-refractivity contribution is 6.05. The molecule has 0 radical (unpaired) electrons. The number of carbonyl (C=O) groups excluding carboxylic acids is 2. The van der Waals surface area contributed by atoms with Gasteiger partial charge in [-0.1, -0.05) is 0 Å². The Morgan fingerprint density at radius 2 is 1.77 bits per heavy atom. The van der Waals surface area contributed by atoms with E-state index < -0.39 is 11.7 Å². The number of nitrogens with two attached hydrogens (primary N) is 1. The molecule has 3 heterocycles. The van der Waals surface area contributed by atoms with Gasteiger partial charge in [0.1, 0.15) is 17.4 Å². The summed E-state index contributed by atoms with van der Waals surface area (Å²) >= 11 is 0. The molecule has 0 saturated heterocycles. The standard InChI is InChI=1S/C24H31N7O4/c1-24(2,3)35-23(33)30-16-7-5-15(6-8-16)29-22(32)17-12-18(14-9-10-26-19(11-14)34-4)31-20(17)21(25)27-13-28-31/h9-13,15-16H,5-8H2,1-4H3,(H,29,32)(H,30,33)(H2,25,27,28)/t15-,16-. The van der Waals surface area contributed by atoms with E-state index >= 15 is 0 Å². The van der Waals surface area contributed by atoms with Crippen LogP contribution in [0.4, 0.5) is 10.6 Å². The Hall–Kier alpha value is -3.89. The molecule has 3 aromatic rings. The van der Waals surface area contributed by atoms with Gasteiger partial charge in [-0.25, -0.2) is 19.3 Å². The Labute approximate surface area is 203 Å². The fraction of sp³-hybridized carbons (Fsp3) is 0.458. The molecule has 0 aliphatic heterocycles. The Balaban J connectivity index is 1.48. The molecule has 11 nitrogen and oxygen atoms in total. The number of nitrogen functional groups attached to an aromatic ring is 1. The lowest BCUT2D eigenvalue weighted by atomic mass is 9.91. The lowest BCUT2D eigenvalue weighted by Crippen LogP contribution is -2.45. The molecule has 2 amide bonds. The highest BCUT2D eigenvalue weighted by atomic mass is 16.6. The Morgan fingerprint density at radius 3 is 2.43 bits per heavy atom. The number of carbonyl (C=O) groups is 2.